The minimum absolute atomic E-state index is 0.355. The molecule has 1 aromatic heterocycles. The van der Waals surface area contributed by atoms with Gasteiger partial charge in [-0.1, -0.05) is 0 Å². The first kappa shape index (κ1) is 16.7. The molecule has 0 atom stereocenters. The van der Waals surface area contributed by atoms with Crippen molar-refractivity contribution in [2.45, 2.75) is 26.4 Å². The summed E-state index contributed by atoms with van der Waals surface area (Å²) in [5.74, 6) is 0.527. The maximum absolute atomic E-state index is 11.6. The van der Waals surface area contributed by atoms with Crippen LogP contribution in [0.25, 0.3) is 0 Å². The largest absolute Gasteiger partial charge is 0.465 e. The number of esters is 1. The summed E-state index contributed by atoms with van der Waals surface area (Å²) in [6.45, 7) is 9.66. The fourth-order valence-electron chi connectivity index (χ4n) is 2.73. The average Bonchev–Trinajstić information content (AvgIpc) is 2.45. The molecule has 6 heteroatoms. The molecule has 0 bridgehead atoms. The van der Waals surface area contributed by atoms with E-state index >= 15 is 0 Å². The van der Waals surface area contributed by atoms with Gasteiger partial charge < -0.3 is 14.7 Å². The topological polar surface area (TPSA) is 65.9 Å². The molecule has 0 amide bonds. The van der Waals surface area contributed by atoms with Crippen LogP contribution in [0.4, 0.5) is 5.82 Å². The molecule has 0 aromatic carbocycles. The molecule has 1 aliphatic heterocycles. The van der Waals surface area contributed by atoms with E-state index in [4.69, 9.17) is 4.74 Å². The predicted octanol–water partition coefficient (Wildman–Crippen LogP) is 1.07. The third-order valence-corrected chi connectivity index (χ3v) is 3.78. The molecular formula is C16H25N3O3. The quantitative estimate of drug-likeness (QED) is 0.840. The van der Waals surface area contributed by atoms with E-state index in [2.05, 4.69) is 14.8 Å². The first-order valence-electron chi connectivity index (χ1n) is 7.56. The van der Waals surface area contributed by atoms with Gasteiger partial charge in [0, 0.05) is 32.7 Å². The maximum Gasteiger partial charge on any atom is 0.339 e. The molecule has 1 aromatic rings. The lowest BCUT2D eigenvalue weighted by molar-refractivity contribution is 0.0344. The van der Waals surface area contributed by atoms with Gasteiger partial charge in [0.2, 0.25) is 0 Å². The van der Waals surface area contributed by atoms with Crippen molar-refractivity contribution in [2.75, 3.05) is 44.7 Å². The van der Waals surface area contributed by atoms with Gasteiger partial charge in [-0.3, -0.25) is 4.90 Å². The number of carbonyl (C=O) groups excluding carboxylic acids is 1. The van der Waals surface area contributed by atoms with Crippen LogP contribution in [0.2, 0.25) is 0 Å². The lowest BCUT2D eigenvalue weighted by Gasteiger charge is -2.37. The van der Waals surface area contributed by atoms with Gasteiger partial charge in [0.15, 0.2) is 0 Å². The fraction of sp³-hybridized carbons (Fsp3) is 0.625. The number of pyridine rings is 1. The lowest BCUT2D eigenvalue weighted by Crippen LogP contribution is -2.50. The molecule has 0 aliphatic carbocycles. The highest BCUT2D eigenvalue weighted by molar-refractivity contribution is 5.90. The molecular weight excluding hydrogens is 282 g/mol. The Morgan fingerprint density at radius 2 is 1.95 bits per heavy atom. The van der Waals surface area contributed by atoms with Crippen LogP contribution in [0.5, 0.6) is 0 Å². The van der Waals surface area contributed by atoms with Crippen molar-refractivity contribution >= 4 is 11.8 Å². The lowest BCUT2D eigenvalue weighted by atomic mass is 10.1. The minimum atomic E-state index is -0.667. The highest BCUT2D eigenvalue weighted by Crippen LogP contribution is 2.18. The third kappa shape index (κ3) is 4.18. The van der Waals surface area contributed by atoms with Crippen molar-refractivity contribution < 1.29 is 14.6 Å². The first-order chi connectivity index (χ1) is 10.3. The predicted molar refractivity (Wildman–Crippen MR) is 85.3 cm³/mol. The number of β-amino-alcohol motifs (C(OH)–C–C–N with tert-alkyl or cyclic N) is 1. The number of rotatable bonds is 4. The monoisotopic (exact) mass is 307 g/mol. The molecule has 1 N–H and O–H groups in total. The third-order valence-electron chi connectivity index (χ3n) is 3.78. The molecule has 0 spiro atoms. The van der Waals surface area contributed by atoms with Crippen LogP contribution in [0.15, 0.2) is 12.1 Å². The Labute approximate surface area is 131 Å². The fourth-order valence-corrected chi connectivity index (χ4v) is 2.73. The Balaban J connectivity index is 2.00. The molecule has 1 aliphatic rings. The molecule has 2 rings (SSSR count). The highest BCUT2D eigenvalue weighted by Gasteiger charge is 2.23. The second-order valence-corrected chi connectivity index (χ2v) is 6.37. The van der Waals surface area contributed by atoms with Crippen molar-refractivity contribution in [1.29, 1.82) is 0 Å². The smallest absolute Gasteiger partial charge is 0.339 e. The molecule has 0 saturated carbocycles. The van der Waals surface area contributed by atoms with Gasteiger partial charge in [0.1, 0.15) is 5.82 Å². The number of aromatic nitrogens is 1. The van der Waals surface area contributed by atoms with Crippen LogP contribution >= 0.6 is 0 Å². The van der Waals surface area contributed by atoms with Crippen LogP contribution in [0.1, 0.15) is 29.9 Å². The van der Waals surface area contributed by atoms with E-state index in [-0.39, 0.29) is 5.97 Å². The molecule has 122 valence electrons. The van der Waals surface area contributed by atoms with Crippen molar-refractivity contribution in [2.24, 2.45) is 0 Å². The number of hydrogen-bond acceptors (Lipinski definition) is 6. The summed E-state index contributed by atoms with van der Waals surface area (Å²) in [5.41, 5.74) is 0.522. The number of hydrogen-bond donors (Lipinski definition) is 1. The summed E-state index contributed by atoms with van der Waals surface area (Å²) in [6.07, 6.45) is 0. The summed E-state index contributed by atoms with van der Waals surface area (Å²) in [7, 11) is 1.37. The van der Waals surface area contributed by atoms with Gasteiger partial charge in [-0.2, -0.15) is 0 Å². The Bertz CT molecular complexity index is 532. The molecule has 1 saturated heterocycles. The Morgan fingerprint density at radius 1 is 1.32 bits per heavy atom. The number of nitrogens with zero attached hydrogens (tertiary/aromatic N) is 3. The number of piperazine rings is 1. The summed E-state index contributed by atoms with van der Waals surface area (Å²) in [6, 6.07) is 3.64. The maximum atomic E-state index is 11.6. The minimum Gasteiger partial charge on any atom is -0.465 e. The van der Waals surface area contributed by atoms with E-state index in [0.29, 0.717) is 17.8 Å². The molecule has 1 fully saturated rings. The Morgan fingerprint density at radius 3 is 2.45 bits per heavy atom. The number of anilines is 1. The van der Waals surface area contributed by atoms with Gasteiger partial charge >= 0.3 is 5.97 Å². The average molecular weight is 307 g/mol. The van der Waals surface area contributed by atoms with E-state index in [1.54, 1.807) is 6.07 Å². The standard InChI is InChI=1S/C16H25N3O3/c1-12-13(15(20)22-4)5-6-14(17-12)19-9-7-18(8-10-19)11-16(2,3)21/h5-6,21H,7-11H2,1-4H3. The van der Waals surface area contributed by atoms with Crippen molar-refractivity contribution in [3.8, 4) is 0 Å². The normalized spacial score (nSPS) is 16.7. The zero-order valence-electron chi connectivity index (χ0n) is 13.8. The summed E-state index contributed by atoms with van der Waals surface area (Å²) in [4.78, 5) is 20.6. The molecule has 2 heterocycles. The Kier molecular flexibility index (Phi) is 5.03. The van der Waals surface area contributed by atoms with Crippen LogP contribution in [0, 0.1) is 6.92 Å². The molecule has 22 heavy (non-hydrogen) atoms. The summed E-state index contributed by atoms with van der Waals surface area (Å²) < 4.78 is 4.74. The summed E-state index contributed by atoms with van der Waals surface area (Å²) in [5, 5.41) is 9.88. The van der Waals surface area contributed by atoms with Gasteiger partial charge in [-0.05, 0) is 32.9 Å². The van der Waals surface area contributed by atoms with Gasteiger partial charge in [0.05, 0.1) is 24.0 Å². The van der Waals surface area contributed by atoms with E-state index in [9.17, 15) is 9.90 Å². The SMILES string of the molecule is COC(=O)c1ccc(N2CCN(CC(C)(C)O)CC2)nc1C. The van der Waals surface area contributed by atoms with Gasteiger partial charge in [0.25, 0.3) is 0 Å². The van der Waals surface area contributed by atoms with Crippen LogP contribution in [-0.4, -0.2) is 66.4 Å². The van der Waals surface area contributed by atoms with Crippen molar-refractivity contribution in [3.05, 3.63) is 23.4 Å². The zero-order chi connectivity index (χ0) is 16.3. The second-order valence-electron chi connectivity index (χ2n) is 6.37. The number of aliphatic hydroxyl groups is 1. The Hall–Kier alpha value is -1.66. The highest BCUT2D eigenvalue weighted by atomic mass is 16.5. The van der Waals surface area contributed by atoms with Crippen LogP contribution in [-0.2, 0) is 4.74 Å². The molecule has 0 radical (unpaired) electrons. The van der Waals surface area contributed by atoms with Gasteiger partial charge in [-0.25, -0.2) is 9.78 Å². The van der Waals surface area contributed by atoms with Crippen molar-refractivity contribution in [3.63, 3.8) is 0 Å². The van der Waals surface area contributed by atoms with Crippen LogP contribution < -0.4 is 4.90 Å². The van der Waals surface area contributed by atoms with Gasteiger partial charge in [-0.15, -0.1) is 0 Å². The number of carbonyl (C=O) groups is 1. The van der Waals surface area contributed by atoms with Crippen molar-refractivity contribution in [1.82, 2.24) is 9.88 Å². The number of methoxy groups -OCH3 is 1. The van der Waals surface area contributed by atoms with E-state index < -0.39 is 5.60 Å². The molecule has 6 nitrogen and oxygen atoms in total. The first-order valence-corrected chi connectivity index (χ1v) is 7.56. The van der Waals surface area contributed by atoms with Crippen LogP contribution in [0.3, 0.4) is 0 Å². The number of ether oxygens (including phenoxy) is 1. The van der Waals surface area contributed by atoms with E-state index in [1.165, 1.54) is 7.11 Å². The van der Waals surface area contributed by atoms with E-state index in [0.717, 1.165) is 32.0 Å². The zero-order valence-corrected chi connectivity index (χ0v) is 13.8. The second kappa shape index (κ2) is 6.62. The van der Waals surface area contributed by atoms with E-state index in [1.807, 2.05) is 26.8 Å². The summed E-state index contributed by atoms with van der Waals surface area (Å²) >= 11 is 0. The molecule has 0 unspecified atom stereocenters. The number of aryl methyl sites for hydroxylation is 1.